The van der Waals surface area contributed by atoms with Gasteiger partial charge in [0.25, 0.3) is 5.91 Å². The first-order valence-corrected chi connectivity index (χ1v) is 12.9. The van der Waals surface area contributed by atoms with Crippen LogP contribution in [0.3, 0.4) is 0 Å². The molecular weight excluding hydrogens is 533 g/mol. The van der Waals surface area contributed by atoms with E-state index < -0.39 is 0 Å². The van der Waals surface area contributed by atoms with Gasteiger partial charge in [-0.3, -0.25) is 9.69 Å². The SMILES string of the molecule is COc1ccc(N2C(=O)/C(=C\c3c(OCc4ccc(Cl)cc4)ccc4ccccc34)SC2=S)cc1Cl. The van der Waals surface area contributed by atoms with E-state index in [1.165, 1.54) is 16.7 Å². The van der Waals surface area contributed by atoms with E-state index in [9.17, 15) is 4.79 Å². The maximum Gasteiger partial charge on any atom is 0.270 e. The Morgan fingerprint density at radius 1 is 0.972 bits per heavy atom. The van der Waals surface area contributed by atoms with Crippen LogP contribution in [-0.2, 0) is 11.4 Å². The van der Waals surface area contributed by atoms with E-state index in [1.54, 1.807) is 25.3 Å². The van der Waals surface area contributed by atoms with Crippen LogP contribution in [0.5, 0.6) is 11.5 Å². The minimum atomic E-state index is -0.220. The molecule has 0 N–H and O–H groups in total. The number of hydrogen-bond donors (Lipinski definition) is 0. The number of hydrogen-bond acceptors (Lipinski definition) is 5. The normalized spacial score (nSPS) is 14.6. The van der Waals surface area contributed by atoms with Gasteiger partial charge in [-0.1, -0.05) is 89.6 Å². The van der Waals surface area contributed by atoms with Crippen molar-refractivity contribution in [1.29, 1.82) is 0 Å². The molecule has 0 bridgehead atoms. The Morgan fingerprint density at radius 2 is 1.72 bits per heavy atom. The van der Waals surface area contributed by atoms with Gasteiger partial charge in [-0.25, -0.2) is 0 Å². The smallest absolute Gasteiger partial charge is 0.270 e. The van der Waals surface area contributed by atoms with Gasteiger partial charge < -0.3 is 9.47 Å². The first kappa shape index (κ1) is 24.7. The van der Waals surface area contributed by atoms with Crippen LogP contribution < -0.4 is 14.4 Å². The number of carbonyl (C=O) groups is 1. The molecule has 0 unspecified atom stereocenters. The molecule has 1 amide bonds. The number of thioether (sulfide) groups is 1. The van der Waals surface area contributed by atoms with Crippen LogP contribution >= 0.6 is 47.2 Å². The van der Waals surface area contributed by atoms with Crippen molar-refractivity contribution < 1.29 is 14.3 Å². The van der Waals surface area contributed by atoms with Gasteiger partial charge in [-0.05, 0) is 58.8 Å². The standard InChI is InChI=1S/C28H19Cl2NO3S2/c1-33-25-13-11-20(14-23(25)30)31-27(32)26(36-28(31)35)15-22-21-5-3-2-4-18(21)8-12-24(22)34-16-17-6-9-19(29)10-7-17/h2-15H,16H2,1H3/b26-15+. The summed E-state index contributed by atoms with van der Waals surface area (Å²) in [6.07, 6.45) is 1.85. The molecule has 0 radical (unpaired) electrons. The van der Waals surface area contributed by atoms with Crippen LogP contribution in [-0.4, -0.2) is 17.3 Å². The maximum atomic E-state index is 13.5. The van der Waals surface area contributed by atoms with Crippen LogP contribution in [0.1, 0.15) is 11.1 Å². The van der Waals surface area contributed by atoms with Gasteiger partial charge in [0.15, 0.2) is 4.32 Å². The highest BCUT2D eigenvalue weighted by molar-refractivity contribution is 8.27. The Kier molecular flexibility index (Phi) is 7.21. The lowest BCUT2D eigenvalue weighted by molar-refractivity contribution is -0.113. The summed E-state index contributed by atoms with van der Waals surface area (Å²) >= 11 is 19.1. The quantitative estimate of drug-likeness (QED) is 0.178. The second-order valence-electron chi connectivity index (χ2n) is 7.95. The molecule has 1 saturated heterocycles. The van der Waals surface area contributed by atoms with E-state index in [2.05, 4.69) is 0 Å². The van der Waals surface area contributed by atoms with Gasteiger partial charge >= 0.3 is 0 Å². The molecule has 1 fully saturated rings. The van der Waals surface area contributed by atoms with E-state index in [-0.39, 0.29) is 5.91 Å². The first-order chi connectivity index (χ1) is 17.4. The van der Waals surface area contributed by atoms with E-state index in [1.807, 2.05) is 66.7 Å². The molecule has 5 rings (SSSR count). The molecule has 8 heteroatoms. The lowest BCUT2D eigenvalue weighted by atomic mass is 10.0. The van der Waals surface area contributed by atoms with Crippen molar-refractivity contribution in [2.45, 2.75) is 6.61 Å². The second kappa shape index (κ2) is 10.5. The number of benzene rings is 4. The number of fused-ring (bicyclic) bond motifs is 1. The summed E-state index contributed by atoms with van der Waals surface area (Å²) in [5.74, 6) is 0.976. The van der Waals surface area contributed by atoms with Crippen molar-refractivity contribution in [3.8, 4) is 11.5 Å². The molecule has 36 heavy (non-hydrogen) atoms. The molecule has 0 spiro atoms. The number of carbonyl (C=O) groups excluding carboxylic acids is 1. The predicted octanol–water partition coefficient (Wildman–Crippen LogP) is 8.14. The van der Waals surface area contributed by atoms with Gasteiger partial charge in [-0.2, -0.15) is 0 Å². The van der Waals surface area contributed by atoms with E-state index >= 15 is 0 Å². The van der Waals surface area contributed by atoms with E-state index in [0.29, 0.717) is 43.1 Å². The van der Waals surface area contributed by atoms with Crippen LogP contribution in [0.15, 0.2) is 83.8 Å². The van der Waals surface area contributed by atoms with Crippen LogP contribution in [0.4, 0.5) is 5.69 Å². The third-order valence-electron chi connectivity index (χ3n) is 5.70. The molecule has 1 aliphatic heterocycles. The fourth-order valence-electron chi connectivity index (χ4n) is 3.91. The van der Waals surface area contributed by atoms with Gasteiger partial charge in [0.1, 0.15) is 18.1 Å². The number of nitrogens with zero attached hydrogens (tertiary/aromatic N) is 1. The predicted molar refractivity (Wildman–Crippen MR) is 153 cm³/mol. The highest BCUT2D eigenvalue weighted by atomic mass is 35.5. The maximum absolute atomic E-state index is 13.5. The number of rotatable bonds is 6. The largest absolute Gasteiger partial charge is 0.495 e. The van der Waals surface area contributed by atoms with Crippen molar-refractivity contribution in [2.24, 2.45) is 0 Å². The molecule has 0 aliphatic carbocycles. The lowest BCUT2D eigenvalue weighted by Gasteiger charge is -2.16. The Labute approximate surface area is 228 Å². The number of thiocarbonyl (C=S) groups is 1. The highest BCUT2D eigenvalue weighted by Crippen LogP contribution is 2.40. The lowest BCUT2D eigenvalue weighted by Crippen LogP contribution is -2.27. The molecule has 4 aromatic rings. The highest BCUT2D eigenvalue weighted by Gasteiger charge is 2.34. The van der Waals surface area contributed by atoms with Crippen LogP contribution in [0.25, 0.3) is 16.8 Å². The summed E-state index contributed by atoms with van der Waals surface area (Å²) in [6, 6.07) is 24.6. The zero-order valence-corrected chi connectivity index (χ0v) is 22.2. The fourth-order valence-corrected chi connectivity index (χ4v) is 5.57. The number of anilines is 1. The Morgan fingerprint density at radius 3 is 2.47 bits per heavy atom. The first-order valence-electron chi connectivity index (χ1n) is 10.9. The molecular formula is C28H19Cl2NO3S2. The summed E-state index contributed by atoms with van der Waals surface area (Å²) < 4.78 is 11.9. The Bertz CT molecular complexity index is 1520. The second-order valence-corrected chi connectivity index (χ2v) is 10.5. The summed E-state index contributed by atoms with van der Waals surface area (Å²) in [5.41, 5.74) is 2.39. The van der Waals surface area contributed by atoms with Gasteiger partial charge in [-0.15, -0.1) is 0 Å². The monoisotopic (exact) mass is 551 g/mol. The van der Waals surface area contributed by atoms with Crippen molar-refractivity contribution in [2.75, 3.05) is 12.0 Å². The summed E-state index contributed by atoms with van der Waals surface area (Å²) in [6.45, 7) is 0.363. The minimum absolute atomic E-state index is 0.220. The molecule has 0 atom stereocenters. The summed E-state index contributed by atoms with van der Waals surface area (Å²) in [7, 11) is 1.54. The summed E-state index contributed by atoms with van der Waals surface area (Å²) in [5, 5.41) is 3.09. The van der Waals surface area contributed by atoms with Crippen molar-refractivity contribution in [3.63, 3.8) is 0 Å². The molecule has 0 aromatic heterocycles. The van der Waals surface area contributed by atoms with Crippen LogP contribution in [0.2, 0.25) is 10.0 Å². The summed E-state index contributed by atoms with van der Waals surface area (Å²) in [4.78, 5) is 15.4. The number of ether oxygens (including phenoxy) is 2. The minimum Gasteiger partial charge on any atom is -0.495 e. The number of methoxy groups -OCH3 is 1. The van der Waals surface area contributed by atoms with Crippen molar-refractivity contribution >= 4 is 79.9 Å². The molecule has 1 aliphatic rings. The average molecular weight is 553 g/mol. The third-order valence-corrected chi connectivity index (χ3v) is 7.55. The third kappa shape index (κ3) is 4.95. The Balaban J connectivity index is 1.51. The van der Waals surface area contributed by atoms with Gasteiger partial charge in [0, 0.05) is 10.6 Å². The fraction of sp³-hybridized carbons (Fsp3) is 0.0714. The zero-order chi connectivity index (χ0) is 25.2. The molecule has 0 saturated carbocycles. The van der Waals surface area contributed by atoms with Gasteiger partial charge in [0.05, 0.1) is 22.7 Å². The van der Waals surface area contributed by atoms with E-state index in [4.69, 9.17) is 44.9 Å². The van der Waals surface area contributed by atoms with Gasteiger partial charge in [0.2, 0.25) is 0 Å². The Hall–Kier alpha value is -3.03. The molecule has 4 aromatic carbocycles. The zero-order valence-electron chi connectivity index (χ0n) is 19.0. The van der Waals surface area contributed by atoms with Crippen LogP contribution in [0, 0.1) is 0 Å². The molecule has 1 heterocycles. The van der Waals surface area contributed by atoms with Crippen molar-refractivity contribution in [1.82, 2.24) is 0 Å². The number of amides is 1. The number of halogens is 2. The molecule has 180 valence electrons. The van der Waals surface area contributed by atoms with Crippen molar-refractivity contribution in [3.05, 3.63) is 105 Å². The molecule has 4 nitrogen and oxygen atoms in total. The van der Waals surface area contributed by atoms with E-state index in [0.717, 1.165) is 21.9 Å². The topological polar surface area (TPSA) is 38.8 Å². The average Bonchev–Trinajstić information content (AvgIpc) is 3.16.